The number of hydrogen-bond acceptors (Lipinski definition) is 2. The van der Waals surface area contributed by atoms with E-state index in [1.165, 1.54) is 24.0 Å². The maximum atomic E-state index is 11.0. The number of carbonyl (C=O) groups is 1. The Morgan fingerprint density at radius 3 is 2.21 bits per heavy atom. The van der Waals surface area contributed by atoms with E-state index in [2.05, 4.69) is 29.6 Å². The molecule has 1 aromatic carbocycles. The van der Waals surface area contributed by atoms with Crippen LogP contribution in [0.4, 0.5) is 0 Å². The molecular weight excluding hydrogens is 238 g/mol. The molecule has 2 N–H and O–H groups in total. The number of aliphatic carboxylic acids is 1. The Morgan fingerprint density at radius 2 is 1.74 bits per heavy atom. The second-order valence-electron chi connectivity index (χ2n) is 6.03. The number of nitrogens with one attached hydrogen (secondary N) is 1. The lowest BCUT2D eigenvalue weighted by molar-refractivity contribution is -0.139. The van der Waals surface area contributed by atoms with Gasteiger partial charge >= 0.3 is 5.97 Å². The normalized spacial score (nSPS) is 30.5. The van der Waals surface area contributed by atoms with Crippen LogP contribution in [-0.2, 0) is 17.6 Å². The zero-order valence-corrected chi connectivity index (χ0v) is 11.3. The Labute approximate surface area is 114 Å². The third kappa shape index (κ3) is 2.39. The molecule has 1 fully saturated rings. The summed E-state index contributed by atoms with van der Waals surface area (Å²) in [6, 6.07) is 8.59. The molecular formula is C16H21NO2. The Morgan fingerprint density at radius 1 is 1.21 bits per heavy atom. The highest BCUT2D eigenvalue weighted by Crippen LogP contribution is 2.40. The van der Waals surface area contributed by atoms with E-state index in [4.69, 9.17) is 5.11 Å². The summed E-state index contributed by atoms with van der Waals surface area (Å²) in [5.41, 5.74) is 2.92. The fourth-order valence-corrected chi connectivity index (χ4v) is 3.78. The zero-order chi connectivity index (χ0) is 13.4. The molecule has 3 rings (SSSR count). The standard InChI is InChI=1S/C16H21NO2/c1-10(16(18)19)17-15-13-6-7-14(15)9-12-5-3-2-4-11(12)8-13/h2-5,10,13-15,17H,6-9H2,1H3,(H,18,19). The van der Waals surface area contributed by atoms with Gasteiger partial charge in [-0.05, 0) is 55.6 Å². The van der Waals surface area contributed by atoms with E-state index in [1.807, 2.05) is 0 Å². The first kappa shape index (κ1) is 12.7. The van der Waals surface area contributed by atoms with Crippen molar-refractivity contribution in [1.82, 2.24) is 5.32 Å². The third-order valence-electron chi connectivity index (χ3n) is 4.82. The van der Waals surface area contributed by atoms with Crippen molar-refractivity contribution in [1.29, 1.82) is 0 Å². The van der Waals surface area contributed by atoms with Crippen molar-refractivity contribution in [2.24, 2.45) is 11.8 Å². The summed E-state index contributed by atoms with van der Waals surface area (Å²) >= 11 is 0. The molecule has 0 spiro atoms. The van der Waals surface area contributed by atoms with Crippen LogP contribution in [0.5, 0.6) is 0 Å². The van der Waals surface area contributed by atoms with E-state index in [0.29, 0.717) is 17.9 Å². The zero-order valence-electron chi connectivity index (χ0n) is 11.3. The summed E-state index contributed by atoms with van der Waals surface area (Å²) in [7, 11) is 0. The van der Waals surface area contributed by atoms with Crippen LogP contribution in [0.15, 0.2) is 24.3 Å². The number of rotatable bonds is 3. The van der Waals surface area contributed by atoms with Gasteiger partial charge in [0.25, 0.3) is 0 Å². The Balaban J connectivity index is 1.81. The molecule has 2 aliphatic rings. The topological polar surface area (TPSA) is 49.3 Å². The minimum Gasteiger partial charge on any atom is -0.480 e. The van der Waals surface area contributed by atoms with Crippen LogP contribution in [0.3, 0.4) is 0 Å². The molecule has 1 saturated carbocycles. The number of benzene rings is 1. The molecule has 2 aliphatic carbocycles. The van der Waals surface area contributed by atoms with Crippen molar-refractivity contribution >= 4 is 5.97 Å². The minimum absolute atomic E-state index is 0.360. The number of hydrogen-bond donors (Lipinski definition) is 2. The quantitative estimate of drug-likeness (QED) is 0.875. The van der Waals surface area contributed by atoms with Gasteiger partial charge in [0.2, 0.25) is 0 Å². The predicted octanol–water partition coefficient (Wildman–Crippen LogP) is 2.24. The van der Waals surface area contributed by atoms with Crippen LogP contribution in [-0.4, -0.2) is 23.2 Å². The Hall–Kier alpha value is -1.35. The molecule has 19 heavy (non-hydrogen) atoms. The summed E-state index contributed by atoms with van der Waals surface area (Å²) in [5.74, 6) is 0.437. The fourth-order valence-electron chi connectivity index (χ4n) is 3.78. The van der Waals surface area contributed by atoms with Gasteiger partial charge in [-0.15, -0.1) is 0 Å². The van der Waals surface area contributed by atoms with Crippen LogP contribution >= 0.6 is 0 Å². The molecule has 3 atom stereocenters. The first-order valence-corrected chi connectivity index (χ1v) is 7.21. The molecule has 0 heterocycles. The van der Waals surface area contributed by atoms with Crippen molar-refractivity contribution in [3.8, 4) is 0 Å². The summed E-state index contributed by atoms with van der Waals surface area (Å²) in [4.78, 5) is 11.0. The number of carboxylic acid groups (broad SMARTS) is 1. The van der Waals surface area contributed by atoms with Gasteiger partial charge in [0.15, 0.2) is 0 Å². The van der Waals surface area contributed by atoms with E-state index in [1.54, 1.807) is 6.92 Å². The number of carboxylic acids is 1. The maximum absolute atomic E-state index is 11.0. The third-order valence-corrected chi connectivity index (χ3v) is 4.82. The van der Waals surface area contributed by atoms with Gasteiger partial charge in [0.05, 0.1) is 0 Å². The Kier molecular flexibility index (Phi) is 3.31. The van der Waals surface area contributed by atoms with Crippen LogP contribution in [0, 0.1) is 11.8 Å². The largest absolute Gasteiger partial charge is 0.480 e. The Bertz CT molecular complexity index is 452. The van der Waals surface area contributed by atoms with Crippen molar-refractivity contribution in [3.05, 3.63) is 35.4 Å². The van der Waals surface area contributed by atoms with Crippen LogP contribution < -0.4 is 5.32 Å². The van der Waals surface area contributed by atoms with Crippen LogP contribution in [0.2, 0.25) is 0 Å². The molecule has 3 nitrogen and oxygen atoms in total. The molecule has 0 aliphatic heterocycles. The summed E-state index contributed by atoms with van der Waals surface area (Å²) in [5, 5.41) is 12.4. The van der Waals surface area contributed by atoms with Gasteiger partial charge in [-0.3, -0.25) is 4.79 Å². The second kappa shape index (κ2) is 4.97. The van der Waals surface area contributed by atoms with E-state index in [9.17, 15) is 4.79 Å². The average molecular weight is 259 g/mol. The molecule has 1 aromatic rings. The van der Waals surface area contributed by atoms with Gasteiger partial charge < -0.3 is 10.4 Å². The van der Waals surface area contributed by atoms with Gasteiger partial charge in [0.1, 0.15) is 6.04 Å². The first-order valence-electron chi connectivity index (χ1n) is 7.21. The lowest BCUT2D eigenvalue weighted by atomic mass is 9.94. The summed E-state index contributed by atoms with van der Waals surface area (Å²) in [6.45, 7) is 1.75. The average Bonchev–Trinajstić information content (AvgIpc) is 2.65. The number of fused-ring (bicyclic) bond motifs is 3. The first-order chi connectivity index (χ1) is 9.15. The van der Waals surface area contributed by atoms with Gasteiger partial charge in [0, 0.05) is 6.04 Å². The smallest absolute Gasteiger partial charge is 0.320 e. The molecule has 0 saturated heterocycles. The second-order valence-corrected chi connectivity index (χ2v) is 6.03. The predicted molar refractivity (Wildman–Crippen MR) is 74.1 cm³/mol. The molecule has 3 heteroatoms. The minimum atomic E-state index is -0.749. The van der Waals surface area contributed by atoms with Crippen LogP contribution in [0.25, 0.3) is 0 Å². The van der Waals surface area contributed by atoms with Gasteiger partial charge in [-0.2, -0.15) is 0 Å². The highest BCUT2D eigenvalue weighted by molar-refractivity contribution is 5.72. The van der Waals surface area contributed by atoms with E-state index < -0.39 is 12.0 Å². The fraction of sp³-hybridized carbons (Fsp3) is 0.562. The van der Waals surface area contributed by atoms with E-state index >= 15 is 0 Å². The van der Waals surface area contributed by atoms with Crippen molar-refractivity contribution in [3.63, 3.8) is 0 Å². The van der Waals surface area contributed by atoms with Gasteiger partial charge in [-0.25, -0.2) is 0 Å². The summed E-state index contributed by atoms with van der Waals surface area (Å²) in [6.07, 6.45) is 4.64. The van der Waals surface area contributed by atoms with Crippen molar-refractivity contribution in [2.75, 3.05) is 0 Å². The molecule has 2 bridgehead atoms. The van der Waals surface area contributed by atoms with Gasteiger partial charge in [-0.1, -0.05) is 24.3 Å². The monoisotopic (exact) mass is 259 g/mol. The maximum Gasteiger partial charge on any atom is 0.320 e. The highest BCUT2D eigenvalue weighted by atomic mass is 16.4. The lowest BCUT2D eigenvalue weighted by Gasteiger charge is -2.26. The van der Waals surface area contributed by atoms with Crippen molar-refractivity contribution < 1.29 is 9.90 Å². The molecule has 0 amide bonds. The van der Waals surface area contributed by atoms with Crippen molar-refractivity contribution in [2.45, 2.75) is 44.7 Å². The molecule has 0 radical (unpaired) electrons. The molecule has 0 aromatic heterocycles. The lowest BCUT2D eigenvalue weighted by Crippen LogP contribution is -2.46. The van der Waals surface area contributed by atoms with E-state index in [-0.39, 0.29) is 0 Å². The molecule has 3 unspecified atom stereocenters. The molecule has 102 valence electrons. The highest BCUT2D eigenvalue weighted by Gasteiger charge is 2.39. The van der Waals surface area contributed by atoms with E-state index in [0.717, 1.165) is 12.8 Å². The SMILES string of the molecule is CC(NC1C2CCC1Cc1ccccc1C2)C(=O)O. The summed E-state index contributed by atoms with van der Waals surface area (Å²) < 4.78 is 0. The van der Waals surface area contributed by atoms with Crippen LogP contribution in [0.1, 0.15) is 30.9 Å².